The number of methoxy groups -OCH3 is 1. The number of esters is 1. The van der Waals surface area contributed by atoms with Crippen molar-refractivity contribution in [3.63, 3.8) is 0 Å². The van der Waals surface area contributed by atoms with E-state index in [1.807, 2.05) is 13.8 Å². The number of aryl methyl sites for hydroxylation is 1. The van der Waals surface area contributed by atoms with Crippen LogP contribution in [-0.4, -0.2) is 71.3 Å². The molecule has 0 radical (unpaired) electrons. The van der Waals surface area contributed by atoms with Crippen LogP contribution in [0.15, 0.2) is 24.3 Å². The fourth-order valence-corrected chi connectivity index (χ4v) is 3.24. The highest BCUT2D eigenvalue weighted by Gasteiger charge is 2.43. The van der Waals surface area contributed by atoms with Gasteiger partial charge in [0.25, 0.3) is 0 Å². The molecule has 10 nitrogen and oxygen atoms in total. The van der Waals surface area contributed by atoms with E-state index < -0.39 is 53.7 Å². The Hall–Kier alpha value is -3.14. The molecule has 1 aromatic rings. The summed E-state index contributed by atoms with van der Waals surface area (Å²) in [6.07, 6.45) is -0.420. The summed E-state index contributed by atoms with van der Waals surface area (Å²) in [6.45, 7) is 11.2. The van der Waals surface area contributed by atoms with E-state index >= 15 is 0 Å². The number of aliphatic hydroxyl groups excluding tert-OH is 1. The number of carbonyl (C=O) groups excluding carboxylic acids is 4. The summed E-state index contributed by atoms with van der Waals surface area (Å²) in [5.74, 6) is -1.93. The molecule has 0 fully saturated rings. The number of ether oxygens (including phenoxy) is 2. The number of rotatable bonds is 10. The molecule has 0 heterocycles. The second-order valence-corrected chi connectivity index (χ2v) is 9.86. The number of nitrogens with zero attached hydrogens (tertiary/aromatic N) is 1. The van der Waals surface area contributed by atoms with Crippen molar-refractivity contribution < 1.29 is 33.8 Å². The average molecular weight is 494 g/mol. The van der Waals surface area contributed by atoms with E-state index in [-0.39, 0.29) is 6.54 Å². The lowest BCUT2D eigenvalue weighted by molar-refractivity contribution is -0.150. The van der Waals surface area contributed by atoms with Crippen molar-refractivity contribution >= 4 is 23.9 Å². The first-order chi connectivity index (χ1) is 16.2. The van der Waals surface area contributed by atoms with E-state index in [2.05, 4.69) is 15.4 Å². The Morgan fingerprint density at radius 3 is 2.09 bits per heavy atom. The molecule has 0 spiro atoms. The lowest BCUT2D eigenvalue weighted by Gasteiger charge is -2.44. The van der Waals surface area contributed by atoms with E-state index in [4.69, 9.17) is 4.74 Å². The van der Waals surface area contributed by atoms with Crippen LogP contribution in [0.1, 0.15) is 65.1 Å². The molecule has 0 bridgehead atoms. The minimum Gasteiger partial charge on any atom is -0.468 e. The smallest absolute Gasteiger partial charge is 0.408 e. The quantitative estimate of drug-likeness (QED) is 0.426. The molecule has 0 aliphatic rings. The van der Waals surface area contributed by atoms with Crippen molar-refractivity contribution in [1.82, 2.24) is 15.5 Å². The Bertz CT molecular complexity index is 891. The molecule has 0 aliphatic carbocycles. The molecular weight excluding hydrogens is 454 g/mol. The van der Waals surface area contributed by atoms with Gasteiger partial charge in [-0.05, 0) is 53.5 Å². The van der Waals surface area contributed by atoms with E-state index in [1.165, 1.54) is 12.0 Å². The van der Waals surface area contributed by atoms with Gasteiger partial charge in [0.1, 0.15) is 24.2 Å². The van der Waals surface area contributed by atoms with Gasteiger partial charge in [0.15, 0.2) is 0 Å². The molecule has 10 heteroatoms. The monoisotopic (exact) mass is 493 g/mol. The van der Waals surface area contributed by atoms with Crippen LogP contribution in [-0.2, 0) is 23.9 Å². The van der Waals surface area contributed by atoms with Crippen LogP contribution in [0.3, 0.4) is 0 Å². The first-order valence-electron chi connectivity index (χ1n) is 11.5. The van der Waals surface area contributed by atoms with Gasteiger partial charge in [0, 0.05) is 5.54 Å². The number of nitrogens with one attached hydrogen (secondary N) is 2. The molecule has 35 heavy (non-hydrogen) atoms. The standard InChI is InChI=1S/C25H39N3O7/c1-9-25(6,7)28(22(32)18(15-29)27-23(33)35-24(3,4)5)20(17-12-10-16(2)11-13-17)21(31)26-14-19(30)34-8/h10-13,18,20,29H,9,14-15H2,1-8H3,(H,26,31)(H,27,33). The first-order valence-corrected chi connectivity index (χ1v) is 11.5. The number of hydrogen-bond acceptors (Lipinski definition) is 7. The fourth-order valence-electron chi connectivity index (χ4n) is 3.24. The SMILES string of the molecule is CCC(C)(C)N(C(=O)C(CO)NC(=O)OC(C)(C)C)C(C(=O)NCC(=O)OC)c1ccc(C)cc1. The van der Waals surface area contributed by atoms with Crippen LogP contribution < -0.4 is 10.6 Å². The number of carbonyl (C=O) groups is 4. The van der Waals surface area contributed by atoms with Gasteiger partial charge in [-0.15, -0.1) is 0 Å². The van der Waals surface area contributed by atoms with E-state index in [0.29, 0.717) is 12.0 Å². The molecule has 3 amide bonds. The fraction of sp³-hybridized carbons (Fsp3) is 0.600. The van der Waals surface area contributed by atoms with Crippen molar-refractivity contribution in [3.8, 4) is 0 Å². The third kappa shape index (κ3) is 8.86. The number of alkyl carbamates (subject to hydrolysis) is 1. The predicted octanol–water partition coefficient (Wildman–Crippen LogP) is 2.23. The Labute approximate surface area is 207 Å². The molecule has 0 aromatic heterocycles. The summed E-state index contributed by atoms with van der Waals surface area (Å²) in [7, 11) is 1.20. The van der Waals surface area contributed by atoms with Crippen LogP contribution in [0, 0.1) is 6.92 Å². The maximum atomic E-state index is 13.8. The maximum absolute atomic E-state index is 13.8. The zero-order valence-corrected chi connectivity index (χ0v) is 21.9. The Morgan fingerprint density at radius 1 is 1.06 bits per heavy atom. The second kappa shape index (κ2) is 12.5. The largest absolute Gasteiger partial charge is 0.468 e. The molecule has 0 saturated carbocycles. The van der Waals surface area contributed by atoms with Gasteiger partial charge in [-0.3, -0.25) is 14.4 Å². The molecule has 196 valence electrons. The number of aliphatic hydroxyl groups is 1. The number of hydrogen-bond donors (Lipinski definition) is 3. The highest BCUT2D eigenvalue weighted by Crippen LogP contribution is 2.32. The van der Waals surface area contributed by atoms with Crippen molar-refractivity contribution in [2.24, 2.45) is 0 Å². The van der Waals surface area contributed by atoms with Crippen LogP contribution in [0.25, 0.3) is 0 Å². The van der Waals surface area contributed by atoms with Crippen molar-refractivity contribution in [2.75, 3.05) is 20.3 Å². The lowest BCUT2D eigenvalue weighted by Crippen LogP contribution is -2.60. The van der Waals surface area contributed by atoms with Crippen molar-refractivity contribution in [1.29, 1.82) is 0 Å². The first kappa shape index (κ1) is 29.9. The normalized spacial score (nSPS) is 13.3. The van der Waals surface area contributed by atoms with Gasteiger partial charge >= 0.3 is 12.1 Å². The number of benzene rings is 1. The summed E-state index contributed by atoms with van der Waals surface area (Å²) in [6, 6.07) is 4.53. The van der Waals surface area contributed by atoms with Crippen LogP contribution in [0.4, 0.5) is 4.79 Å². The lowest BCUT2D eigenvalue weighted by atomic mass is 9.91. The highest BCUT2D eigenvalue weighted by atomic mass is 16.6. The summed E-state index contributed by atoms with van der Waals surface area (Å²) in [5, 5.41) is 14.9. The average Bonchev–Trinajstić information content (AvgIpc) is 2.78. The molecular formula is C25H39N3O7. The van der Waals surface area contributed by atoms with Gasteiger partial charge in [-0.2, -0.15) is 0 Å². The van der Waals surface area contributed by atoms with Gasteiger partial charge in [-0.1, -0.05) is 36.8 Å². The molecule has 1 rings (SSSR count). The predicted molar refractivity (Wildman–Crippen MR) is 130 cm³/mol. The number of amides is 3. The molecule has 2 atom stereocenters. The van der Waals surface area contributed by atoms with E-state index in [0.717, 1.165) is 5.56 Å². The highest BCUT2D eigenvalue weighted by molar-refractivity contribution is 5.93. The molecule has 3 N–H and O–H groups in total. The van der Waals surface area contributed by atoms with Gasteiger partial charge in [-0.25, -0.2) is 4.79 Å². The zero-order valence-electron chi connectivity index (χ0n) is 21.9. The van der Waals surface area contributed by atoms with Crippen LogP contribution in [0.5, 0.6) is 0 Å². The molecule has 1 aromatic carbocycles. The molecule has 2 unspecified atom stereocenters. The van der Waals surface area contributed by atoms with E-state index in [1.54, 1.807) is 58.9 Å². The molecule has 0 aliphatic heterocycles. The third-order valence-electron chi connectivity index (χ3n) is 5.46. The minimum atomic E-state index is -1.36. The van der Waals surface area contributed by atoms with Gasteiger partial charge < -0.3 is 30.1 Å². The zero-order chi connectivity index (χ0) is 27.0. The van der Waals surface area contributed by atoms with Gasteiger partial charge in [0.05, 0.1) is 13.7 Å². The van der Waals surface area contributed by atoms with Crippen LogP contribution in [0.2, 0.25) is 0 Å². The molecule has 0 saturated heterocycles. The second-order valence-electron chi connectivity index (χ2n) is 9.86. The van der Waals surface area contributed by atoms with Gasteiger partial charge in [0.2, 0.25) is 11.8 Å². The Morgan fingerprint density at radius 2 is 1.63 bits per heavy atom. The maximum Gasteiger partial charge on any atom is 0.408 e. The third-order valence-corrected chi connectivity index (χ3v) is 5.46. The Kier molecular flexibility index (Phi) is 10.7. The summed E-state index contributed by atoms with van der Waals surface area (Å²) in [4.78, 5) is 52.5. The van der Waals surface area contributed by atoms with Crippen molar-refractivity contribution in [2.45, 2.75) is 78.1 Å². The summed E-state index contributed by atoms with van der Waals surface area (Å²) >= 11 is 0. The van der Waals surface area contributed by atoms with E-state index in [9.17, 15) is 24.3 Å². The van der Waals surface area contributed by atoms with Crippen molar-refractivity contribution in [3.05, 3.63) is 35.4 Å². The van der Waals surface area contributed by atoms with Crippen LogP contribution >= 0.6 is 0 Å². The Balaban J connectivity index is 3.50. The minimum absolute atomic E-state index is 0.383. The summed E-state index contributed by atoms with van der Waals surface area (Å²) in [5.41, 5.74) is -0.233. The topological polar surface area (TPSA) is 134 Å². The summed E-state index contributed by atoms with van der Waals surface area (Å²) < 4.78 is 9.84.